The topological polar surface area (TPSA) is 93.8 Å². The van der Waals surface area contributed by atoms with Crippen molar-refractivity contribution in [1.82, 2.24) is 34.2 Å². The Labute approximate surface area is 169 Å². The Morgan fingerprint density at radius 2 is 2.10 bits per heavy atom. The van der Waals surface area contributed by atoms with Crippen molar-refractivity contribution in [3.63, 3.8) is 0 Å². The van der Waals surface area contributed by atoms with Gasteiger partial charge in [-0.2, -0.15) is 5.10 Å². The summed E-state index contributed by atoms with van der Waals surface area (Å²) >= 11 is 0. The lowest BCUT2D eigenvalue weighted by atomic mass is 10.2. The summed E-state index contributed by atoms with van der Waals surface area (Å²) in [6, 6.07) is 0.186. The molecule has 0 bridgehead atoms. The molecule has 152 valence electrons. The number of nitrogens with one attached hydrogen (secondary N) is 1. The highest BCUT2D eigenvalue weighted by atomic mass is 16.2. The molecular formula is C20H26N8O. The molecule has 1 unspecified atom stereocenters. The number of anilines is 1. The molecule has 9 nitrogen and oxygen atoms in total. The van der Waals surface area contributed by atoms with Crippen LogP contribution in [0.5, 0.6) is 0 Å². The Morgan fingerprint density at radius 1 is 1.28 bits per heavy atom. The third-order valence-corrected chi connectivity index (χ3v) is 6.07. The quantitative estimate of drug-likeness (QED) is 0.711. The molecule has 3 aromatic heterocycles. The lowest BCUT2D eigenvalue weighted by molar-refractivity contribution is -0.131. The van der Waals surface area contributed by atoms with Crippen LogP contribution < -0.4 is 5.32 Å². The largest absolute Gasteiger partial charge is 0.364 e. The van der Waals surface area contributed by atoms with Crippen molar-refractivity contribution in [2.45, 2.75) is 45.7 Å². The summed E-state index contributed by atoms with van der Waals surface area (Å²) in [5, 5.41) is 7.96. The molecule has 1 amide bonds. The molecule has 0 aromatic carbocycles. The molecule has 1 N–H and O–H groups in total. The monoisotopic (exact) mass is 394 g/mol. The minimum Gasteiger partial charge on any atom is -0.364 e. The van der Waals surface area contributed by atoms with Crippen LogP contribution in [0.3, 0.4) is 0 Å². The first-order chi connectivity index (χ1) is 14.1. The molecule has 5 rings (SSSR count). The maximum atomic E-state index is 12.3. The van der Waals surface area contributed by atoms with E-state index in [-0.39, 0.29) is 12.0 Å². The smallest absolute Gasteiger partial charge is 0.225 e. The van der Waals surface area contributed by atoms with Crippen molar-refractivity contribution in [1.29, 1.82) is 0 Å². The SMILES string of the molecule is CCn1ncc(-c2nc3c(NC4CCN(C(=O)C5CC5)C4)ncnc3n2C)c1C. The Bertz CT molecular complexity index is 1080. The predicted molar refractivity (Wildman–Crippen MR) is 109 cm³/mol. The van der Waals surface area contributed by atoms with E-state index in [1.54, 1.807) is 6.33 Å². The van der Waals surface area contributed by atoms with Crippen molar-refractivity contribution >= 4 is 22.9 Å². The van der Waals surface area contributed by atoms with Gasteiger partial charge in [-0.05, 0) is 33.1 Å². The second-order valence-electron chi connectivity index (χ2n) is 8.04. The van der Waals surface area contributed by atoms with Crippen LogP contribution in [0, 0.1) is 12.8 Å². The van der Waals surface area contributed by atoms with Crippen molar-refractivity contribution in [3.8, 4) is 11.4 Å². The fourth-order valence-electron chi connectivity index (χ4n) is 4.19. The van der Waals surface area contributed by atoms with Gasteiger partial charge < -0.3 is 14.8 Å². The molecule has 2 fully saturated rings. The van der Waals surface area contributed by atoms with E-state index in [9.17, 15) is 4.79 Å². The zero-order valence-corrected chi connectivity index (χ0v) is 17.1. The van der Waals surface area contributed by atoms with Gasteiger partial charge in [0, 0.05) is 44.3 Å². The second-order valence-corrected chi connectivity index (χ2v) is 8.04. The van der Waals surface area contributed by atoms with Gasteiger partial charge in [-0.15, -0.1) is 0 Å². The van der Waals surface area contributed by atoms with Crippen molar-refractivity contribution in [3.05, 3.63) is 18.2 Å². The van der Waals surface area contributed by atoms with Crippen LogP contribution in [0.1, 0.15) is 31.9 Å². The molecule has 29 heavy (non-hydrogen) atoms. The lowest BCUT2D eigenvalue weighted by Crippen LogP contribution is -2.32. The Kier molecular flexibility index (Phi) is 4.25. The minimum atomic E-state index is 0.186. The molecule has 9 heteroatoms. The van der Waals surface area contributed by atoms with Crippen LogP contribution in [-0.4, -0.2) is 59.2 Å². The fraction of sp³-hybridized carbons (Fsp3) is 0.550. The normalized spacial score (nSPS) is 19.3. The molecule has 1 saturated carbocycles. The van der Waals surface area contributed by atoms with E-state index in [1.807, 2.05) is 27.4 Å². The number of hydrogen-bond donors (Lipinski definition) is 1. The minimum absolute atomic E-state index is 0.186. The zero-order valence-electron chi connectivity index (χ0n) is 17.1. The third kappa shape index (κ3) is 3.04. The van der Waals surface area contributed by atoms with Crippen LogP contribution in [0.4, 0.5) is 5.82 Å². The molecule has 2 aliphatic rings. The summed E-state index contributed by atoms with van der Waals surface area (Å²) in [5.74, 6) is 2.14. The van der Waals surface area contributed by atoms with Gasteiger partial charge in [0.25, 0.3) is 0 Å². The van der Waals surface area contributed by atoms with E-state index in [4.69, 9.17) is 4.98 Å². The Morgan fingerprint density at radius 3 is 2.83 bits per heavy atom. The highest BCUT2D eigenvalue weighted by molar-refractivity contribution is 5.87. The maximum absolute atomic E-state index is 12.3. The molecule has 1 aliphatic heterocycles. The zero-order chi connectivity index (χ0) is 20.1. The number of fused-ring (bicyclic) bond motifs is 1. The number of imidazole rings is 1. The van der Waals surface area contributed by atoms with Crippen molar-refractivity contribution in [2.24, 2.45) is 13.0 Å². The molecule has 1 aliphatic carbocycles. The summed E-state index contributed by atoms with van der Waals surface area (Å²) in [6.07, 6.45) is 6.45. The summed E-state index contributed by atoms with van der Waals surface area (Å²) in [5.41, 5.74) is 3.62. The third-order valence-electron chi connectivity index (χ3n) is 6.07. The number of rotatable bonds is 5. The molecule has 0 spiro atoms. The van der Waals surface area contributed by atoms with E-state index in [0.29, 0.717) is 5.91 Å². The van der Waals surface area contributed by atoms with Crippen LogP contribution in [-0.2, 0) is 18.4 Å². The van der Waals surface area contributed by atoms with Gasteiger partial charge in [0.2, 0.25) is 5.91 Å². The Balaban J connectivity index is 1.43. The van der Waals surface area contributed by atoms with Crippen molar-refractivity contribution < 1.29 is 4.79 Å². The maximum Gasteiger partial charge on any atom is 0.225 e. The Hall–Kier alpha value is -2.97. The number of carbonyl (C=O) groups excluding carboxylic acids is 1. The number of likely N-dealkylation sites (tertiary alicyclic amines) is 1. The van der Waals surface area contributed by atoms with Gasteiger partial charge in [0.05, 0.1) is 11.8 Å². The number of carbonyl (C=O) groups is 1. The summed E-state index contributed by atoms with van der Waals surface area (Å²) in [7, 11) is 1.97. The standard InChI is InChI=1S/C20H26N8O/c1-4-28-12(2)15(9-23-28)18-25-16-17(21-11-22-19(16)26(18)3)24-14-7-8-27(10-14)20(29)13-5-6-13/h9,11,13-14H,4-8,10H2,1-3H3,(H,21,22,24). The fourth-order valence-corrected chi connectivity index (χ4v) is 4.19. The van der Waals surface area contributed by atoms with E-state index in [0.717, 1.165) is 73.0 Å². The molecule has 0 radical (unpaired) electrons. The second kappa shape index (κ2) is 6.82. The number of aromatic nitrogens is 6. The van der Waals surface area contributed by atoms with Crippen LogP contribution in [0.25, 0.3) is 22.6 Å². The summed E-state index contributed by atoms with van der Waals surface area (Å²) in [4.78, 5) is 28.1. The van der Waals surface area contributed by atoms with Gasteiger partial charge in [0.1, 0.15) is 12.2 Å². The number of nitrogens with zero attached hydrogens (tertiary/aromatic N) is 7. The van der Waals surface area contributed by atoms with Crippen LogP contribution in [0.15, 0.2) is 12.5 Å². The highest BCUT2D eigenvalue weighted by Gasteiger charge is 2.36. The van der Waals surface area contributed by atoms with Gasteiger partial charge in [0.15, 0.2) is 17.0 Å². The summed E-state index contributed by atoms with van der Waals surface area (Å²) < 4.78 is 3.95. The first kappa shape index (κ1) is 18.1. The van der Waals surface area contributed by atoms with Gasteiger partial charge in [-0.1, -0.05) is 0 Å². The molecule has 1 saturated heterocycles. The van der Waals surface area contributed by atoms with E-state index in [1.165, 1.54) is 0 Å². The average molecular weight is 394 g/mol. The molecular weight excluding hydrogens is 368 g/mol. The van der Waals surface area contributed by atoms with Gasteiger partial charge in [-0.3, -0.25) is 9.48 Å². The van der Waals surface area contributed by atoms with Crippen LogP contribution in [0.2, 0.25) is 0 Å². The van der Waals surface area contributed by atoms with Crippen LogP contribution >= 0.6 is 0 Å². The number of aryl methyl sites for hydroxylation is 2. The highest BCUT2D eigenvalue weighted by Crippen LogP contribution is 2.33. The van der Waals surface area contributed by atoms with Gasteiger partial charge >= 0.3 is 0 Å². The predicted octanol–water partition coefficient (Wildman–Crippen LogP) is 1.98. The van der Waals surface area contributed by atoms with E-state index in [2.05, 4.69) is 34.2 Å². The molecule has 4 heterocycles. The number of amides is 1. The number of hydrogen-bond acceptors (Lipinski definition) is 6. The average Bonchev–Trinajstić information content (AvgIpc) is 3.23. The van der Waals surface area contributed by atoms with E-state index >= 15 is 0 Å². The lowest BCUT2D eigenvalue weighted by Gasteiger charge is -2.17. The summed E-state index contributed by atoms with van der Waals surface area (Å²) in [6.45, 7) is 6.48. The van der Waals surface area contributed by atoms with E-state index < -0.39 is 0 Å². The van der Waals surface area contributed by atoms with Crippen molar-refractivity contribution in [2.75, 3.05) is 18.4 Å². The first-order valence-electron chi connectivity index (χ1n) is 10.3. The molecule has 3 aromatic rings. The molecule has 1 atom stereocenters. The first-order valence-corrected chi connectivity index (χ1v) is 10.3. The van der Waals surface area contributed by atoms with Gasteiger partial charge in [-0.25, -0.2) is 15.0 Å².